The van der Waals surface area contributed by atoms with Crippen molar-refractivity contribution in [3.05, 3.63) is 69.5 Å². The number of halogens is 2. The summed E-state index contributed by atoms with van der Waals surface area (Å²) in [6.45, 7) is 7.80. The van der Waals surface area contributed by atoms with Crippen LogP contribution in [0.4, 0.5) is 4.39 Å². The van der Waals surface area contributed by atoms with Gasteiger partial charge in [0.1, 0.15) is 5.82 Å². The Morgan fingerprint density at radius 2 is 2.05 bits per heavy atom. The van der Waals surface area contributed by atoms with E-state index in [2.05, 4.69) is 24.0 Å². The van der Waals surface area contributed by atoms with Crippen molar-refractivity contribution in [1.82, 2.24) is 4.90 Å². The molecule has 37 heavy (non-hydrogen) atoms. The van der Waals surface area contributed by atoms with Gasteiger partial charge >= 0.3 is 5.97 Å². The number of carbonyl (C=O) groups excluding carboxylic acids is 1. The van der Waals surface area contributed by atoms with Crippen LogP contribution in [0.1, 0.15) is 74.8 Å². The van der Waals surface area contributed by atoms with Gasteiger partial charge in [-0.25, -0.2) is 4.39 Å². The summed E-state index contributed by atoms with van der Waals surface area (Å²) < 4.78 is 25.8. The third-order valence-electron chi connectivity index (χ3n) is 7.15. The van der Waals surface area contributed by atoms with Crippen LogP contribution in [-0.2, 0) is 33.5 Å². The zero-order valence-electron chi connectivity index (χ0n) is 22.3. The van der Waals surface area contributed by atoms with E-state index in [-0.39, 0.29) is 37.3 Å². The first kappa shape index (κ1) is 29.6. The van der Waals surface area contributed by atoms with Crippen molar-refractivity contribution in [2.24, 2.45) is 0 Å². The lowest BCUT2D eigenvalue weighted by Crippen LogP contribution is -2.39. The van der Waals surface area contributed by atoms with Crippen LogP contribution in [0.15, 0.2) is 36.4 Å². The maximum atomic E-state index is 14.7. The third-order valence-corrected chi connectivity index (χ3v) is 7.52. The SMILES string of the molecule is CCOC(=O)CCc1c(F)cccc1[C@@H](CC)OC[C@H](O)CN1CCC[C@H]1Cc1ccc(Cl)c(CC)c1. The van der Waals surface area contributed by atoms with Gasteiger partial charge in [-0.15, -0.1) is 0 Å². The fourth-order valence-electron chi connectivity index (χ4n) is 5.24. The average Bonchev–Trinajstić information content (AvgIpc) is 3.31. The molecular formula is C30H41ClFNO4. The Hall–Kier alpha value is -1.99. The maximum absolute atomic E-state index is 14.7. The molecule has 1 heterocycles. The van der Waals surface area contributed by atoms with Crippen molar-refractivity contribution in [3.63, 3.8) is 0 Å². The van der Waals surface area contributed by atoms with Crippen LogP contribution in [0.3, 0.4) is 0 Å². The summed E-state index contributed by atoms with van der Waals surface area (Å²) >= 11 is 6.29. The number of hydrogen-bond donors (Lipinski definition) is 1. The van der Waals surface area contributed by atoms with E-state index in [1.165, 1.54) is 17.2 Å². The Balaban J connectivity index is 1.58. The molecule has 3 atom stereocenters. The van der Waals surface area contributed by atoms with Gasteiger partial charge < -0.3 is 14.6 Å². The van der Waals surface area contributed by atoms with Gasteiger partial charge in [-0.1, -0.05) is 49.7 Å². The first-order valence-electron chi connectivity index (χ1n) is 13.6. The second-order valence-corrected chi connectivity index (χ2v) is 10.2. The normalized spacial score (nSPS) is 17.6. The van der Waals surface area contributed by atoms with Gasteiger partial charge in [-0.05, 0) is 86.4 Å². The molecule has 0 spiro atoms. The number of carbonyl (C=O) groups is 1. The average molecular weight is 534 g/mol. The summed E-state index contributed by atoms with van der Waals surface area (Å²) in [5, 5.41) is 11.7. The minimum atomic E-state index is -0.650. The van der Waals surface area contributed by atoms with Crippen molar-refractivity contribution >= 4 is 17.6 Å². The molecule has 1 fully saturated rings. The van der Waals surface area contributed by atoms with Crippen molar-refractivity contribution < 1.29 is 23.8 Å². The minimum absolute atomic E-state index is 0.116. The van der Waals surface area contributed by atoms with E-state index in [1.807, 2.05) is 19.1 Å². The molecule has 0 saturated carbocycles. The lowest BCUT2D eigenvalue weighted by Gasteiger charge is -2.28. The summed E-state index contributed by atoms with van der Waals surface area (Å²) in [6.07, 6.45) is 4.04. The largest absolute Gasteiger partial charge is 0.466 e. The van der Waals surface area contributed by atoms with Gasteiger partial charge in [-0.2, -0.15) is 0 Å². The van der Waals surface area contributed by atoms with Crippen LogP contribution < -0.4 is 0 Å². The Morgan fingerprint density at radius 1 is 1.24 bits per heavy atom. The molecule has 0 unspecified atom stereocenters. The molecule has 0 aliphatic carbocycles. The molecule has 2 aromatic carbocycles. The standard InChI is InChI=1S/C30H41ClFNO4/c1-4-22-17-21(12-14-27(22)31)18-23-9-8-16-33(23)19-24(34)20-37-29(5-2)26-10-7-11-28(32)25(26)13-15-30(35)36-6-3/h7,10-12,14,17,23-24,29,34H,4-6,8-9,13,15-16,18-20H2,1-3H3/t23-,24+,29+/m0/s1. The number of likely N-dealkylation sites (tertiary alicyclic amines) is 1. The van der Waals surface area contributed by atoms with Crippen molar-refractivity contribution in [1.29, 1.82) is 0 Å². The van der Waals surface area contributed by atoms with Gasteiger partial charge in [0.25, 0.3) is 0 Å². The number of esters is 1. The molecule has 0 aromatic heterocycles. The van der Waals surface area contributed by atoms with Gasteiger partial charge in [0.05, 0.1) is 25.4 Å². The summed E-state index contributed by atoms with van der Waals surface area (Å²) in [5.41, 5.74) is 3.65. The van der Waals surface area contributed by atoms with Gasteiger partial charge in [-0.3, -0.25) is 9.69 Å². The Morgan fingerprint density at radius 3 is 2.78 bits per heavy atom. The van der Waals surface area contributed by atoms with E-state index < -0.39 is 6.10 Å². The quantitative estimate of drug-likeness (QED) is 0.298. The highest BCUT2D eigenvalue weighted by Crippen LogP contribution is 2.29. The van der Waals surface area contributed by atoms with Crippen LogP contribution in [0.5, 0.6) is 0 Å². The van der Waals surface area contributed by atoms with E-state index in [4.69, 9.17) is 21.1 Å². The summed E-state index contributed by atoms with van der Waals surface area (Å²) in [5.74, 6) is -0.691. The second-order valence-electron chi connectivity index (χ2n) is 9.77. The monoisotopic (exact) mass is 533 g/mol. The van der Waals surface area contributed by atoms with E-state index >= 15 is 0 Å². The minimum Gasteiger partial charge on any atom is -0.466 e. The maximum Gasteiger partial charge on any atom is 0.306 e. The number of rotatable bonds is 14. The first-order valence-corrected chi connectivity index (χ1v) is 14.0. The molecule has 1 aliphatic rings. The zero-order valence-corrected chi connectivity index (χ0v) is 23.1. The van der Waals surface area contributed by atoms with Gasteiger partial charge in [0.2, 0.25) is 0 Å². The predicted molar refractivity (Wildman–Crippen MR) is 145 cm³/mol. The van der Waals surface area contributed by atoms with Crippen LogP contribution in [-0.4, -0.2) is 54.4 Å². The summed E-state index contributed by atoms with van der Waals surface area (Å²) in [6, 6.07) is 11.6. The topological polar surface area (TPSA) is 59.0 Å². The molecule has 204 valence electrons. The Kier molecular flexibility index (Phi) is 11.8. The van der Waals surface area contributed by atoms with Gasteiger partial charge in [0.15, 0.2) is 0 Å². The number of aliphatic hydroxyl groups excluding tert-OH is 1. The molecular weight excluding hydrogens is 493 g/mol. The van der Waals surface area contributed by atoms with E-state index in [1.54, 1.807) is 13.0 Å². The number of β-amino-alcohol motifs (C(OH)–C–C–N with tert-alkyl or cyclic N) is 1. The molecule has 0 amide bonds. The van der Waals surface area contributed by atoms with E-state index in [9.17, 15) is 14.3 Å². The molecule has 1 N–H and O–H groups in total. The number of aryl methyl sites for hydroxylation is 1. The highest BCUT2D eigenvalue weighted by molar-refractivity contribution is 6.31. The van der Waals surface area contributed by atoms with Gasteiger partial charge in [0, 0.05) is 24.0 Å². The molecule has 3 rings (SSSR count). The highest BCUT2D eigenvalue weighted by Gasteiger charge is 2.27. The predicted octanol–water partition coefficient (Wildman–Crippen LogP) is 6.07. The summed E-state index contributed by atoms with van der Waals surface area (Å²) in [7, 11) is 0. The number of benzene rings is 2. The van der Waals surface area contributed by atoms with Crippen LogP contribution >= 0.6 is 11.6 Å². The highest BCUT2D eigenvalue weighted by atomic mass is 35.5. The van der Waals surface area contributed by atoms with Crippen molar-refractivity contribution in [2.45, 2.75) is 84.0 Å². The molecule has 1 saturated heterocycles. The fourth-order valence-corrected chi connectivity index (χ4v) is 5.50. The van der Waals surface area contributed by atoms with Crippen molar-refractivity contribution in [2.75, 3.05) is 26.3 Å². The van der Waals surface area contributed by atoms with Crippen LogP contribution in [0.25, 0.3) is 0 Å². The molecule has 1 aliphatic heterocycles. The van der Waals surface area contributed by atoms with E-state index in [0.717, 1.165) is 42.8 Å². The van der Waals surface area contributed by atoms with Crippen LogP contribution in [0.2, 0.25) is 5.02 Å². The molecule has 5 nitrogen and oxygen atoms in total. The smallest absolute Gasteiger partial charge is 0.306 e. The lowest BCUT2D eigenvalue weighted by molar-refractivity contribution is -0.143. The molecule has 0 bridgehead atoms. The van der Waals surface area contributed by atoms with Crippen LogP contribution in [0, 0.1) is 5.82 Å². The number of hydrogen-bond acceptors (Lipinski definition) is 5. The third kappa shape index (κ3) is 8.51. The number of ether oxygens (including phenoxy) is 2. The summed E-state index contributed by atoms with van der Waals surface area (Å²) in [4.78, 5) is 14.2. The molecule has 0 radical (unpaired) electrons. The number of aliphatic hydroxyl groups is 1. The molecule has 7 heteroatoms. The lowest BCUT2D eigenvalue weighted by atomic mass is 9.96. The van der Waals surface area contributed by atoms with E-state index in [0.29, 0.717) is 31.2 Å². The van der Waals surface area contributed by atoms with Crippen molar-refractivity contribution in [3.8, 4) is 0 Å². The molecule has 2 aromatic rings. The fraction of sp³-hybridized carbons (Fsp3) is 0.567. The second kappa shape index (κ2) is 14.8. The number of nitrogens with zero attached hydrogens (tertiary/aromatic N) is 1. The first-order chi connectivity index (χ1) is 17.9. The Labute approximate surface area is 225 Å². The zero-order chi connectivity index (χ0) is 26.8. The Bertz CT molecular complexity index is 1020.